The van der Waals surface area contributed by atoms with Crippen LogP contribution in [0, 0.1) is 5.92 Å². The first kappa shape index (κ1) is 10.3. The summed E-state index contributed by atoms with van der Waals surface area (Å²) in [5.74, 6) is 1.87. The second-order valence-corrected chi connectivity index (χ2v) is 4.54. The zero-order valence-electron chi connectivity index (χ0n) is 9.48. The molecule has 84 valence electrons. The van der Waals surface area contributed by atoms with E-state index in [0.29, 0.717) is 11.9 Å². The Kier molecular flexibility index (Phi) is 2.79. The van der Waals surface area contributed by atoms with Crippen molar-refractivity contribution in [3.8, 4) is 0 Å². The van der Waals surface area contributed by atoms with Crippen molar-refractivity contribution in [3.05, 3.63) is 0 Å². The zero-order valence-corrected chi connectivity index (χ0v) is 9.48. The SMILES string of the molecule is CC(C)Cn1nc(N2CCCC2)nc1N. The largest absolute Gasteiger partial charge is 0.368 e. The molecular weight excluding hydrogens is 190 g/mol. The molecule has 1 aliphatic rings. The second kappa shape index (κ2) is 4.08. The molecule has 1 aliphatic heterocycles. The third kappa shape index (κ3) is 2.22. The summed E-state index contributed by atoms with van der Waals surface area (Å²) in [6.45, 7) is 7.26. The first-order valence-electron chi connectivity index (χ1n) is 5.62. The van der Waals surface area contributed by atoms with Crippen molar-refractivity contribution in [2.24, 2.45) is 5.92 Å². The molecule has 1 aromatic rings. The predicted molar refractivity (Wildman–Crippen MR) is 60.7 cm³/mol. The lowest BCUT2D eigenvalue weighted by molar-refractivity contribution is 0.488. The lowest BCUT2D eigenvalue weighted by atomic mass is 10.2. The first-order chi connectivity index (χ1) is 7.16. The maximum absolute atomic E-state index is 5.82. The van der Waals surface area contributed by atoms with Gasteiger partial charge in [0.2, 0.25) is 11.9 Å². The van der Waals surface area contributed by atoms with Gasteiger partial charge in [0, 0.05) is 19.6 Å². The smallest absolute Gasteiger partial charge is 0.246 e. The Balaban J connectivity index is 2.12. The van der Waals surface area contributed by atoms with Gasteiger partial charge in [0.15, 0.2) is 0 Å². The molecule has 0 aliphatic carbocycles. The van der Waals surface area contributed by atoms with Crippen LogP contribution in [-0.2, 0) is 6.54 Å². The van der Waals surface area contributed by atoms with Crippen LogP contribution in [0.3, 0.4) is 0 Å². The molecule has 2 N–H and O–H groups in total. The van der Waals surface area contributed by atoms with E-state index in [4.69, 9.17) is 5.73 Å². The van der Waals surface area contributed by atoms with E-state index in [9.17, 15) is 0 Å². The van der Waals surface area contributed by atoms with Crippen LogP contribution >= 0.6 is 0 Å². The summed E-state index contributed by atoms with van der Waals surface area (Å²) in [4.78, 5) is 6.50. The number of hydrogen-bond donors (Lipinski definition) is 1. The van der Waals surface area contributed by atoms with Gasteiger partial charge >= 0.3 is 0 Å². The van der Waals surface area contributed by atoms with Crippen LogP contribution in [0.5, 0.6) is 0 Å². The Morgan fingerprint density at radius 3 is 2.60 bits per heavy atom. The molecule has 5 nitrogen and oxygen atoms in total. The number of nitrogen functional groups attached to an aromatic ring is 1. The number of nitrogens with two attached hydrogens (primary N) is 1. The number of nitrogens with zero attached hydrogens (tertiary/aromatic N) is 4. The van der Waals surface area contributed by atoms with E-state index < -0.39 is 0 Å². The quantitative estimate of drug-likeness (QED) is 0.810. The highest BCUT2D eigenvalue weighted by atomic mass is 15.5. The Morgan fingerprint density at radius 2 is 2.00 bits per heavy atom. The first-order valence-corrected chi connectivity index (χ1v) is 5.62. The Bertz CT molecular complexity index is 325. The van der Waals surface area contributed by atoms with Crippen molar-refractivity contribution >= 4 is 11.9 Å². The standard InChI is InChI=1S/C10H19N5/c1-8(2)7-15-9(11)12-10(13-15)14-5-3-4-6-14/h8H,3-7H2,1-2H3,(H2,11,12,13). The van der Waals surface area contributed by atoms with E-state index in [0.717, 1.165) is 25.6 Å². The molecule has 5 heteroatoms. The van der Waals surface area contributed by atoms with Crippen LogP contribution in [0.15, 0.2) is 0 Å². The number of rotatable bonds is 3. The Hall–Kier alpha value is -1.26. The van der Waals surface area contributed by atoms with Crippen LogP contribution in [0.1, 0.15) is 26.7 Å². The predicted octanol–water partition coefficient (Wildman–Crippen LogP) is 1.12. The molecule has 0 amide bonds. The summed E-state index contributed by atoms with van der Waals surface area (Å²) in [6, 6.07) is 0. The maximum Gasteiger partial charge on any atom is 0.246 e. The molecule has 15 heavy (non-hydrogen) atoms. The molecule has 0 aromatic carbocycles. The van der Waals surface area contributed by atoms with Gasteiger partial charge in [-0.05, 0) is 18.8 Å². The molecule has 2 heterocycles. The summed E-state index contributed by atoms with van der Waals surface area (Å²) >= 11 is 0. The van der Waals surface area contributed by atoms with E-state index in [1.807, 2.05) is 0 Å². The fourth-order valence-corrected chi connectivity index (χ4v) is 1.87. The van der Waals surface area contributed by atoms with Gasteiger partial charge in [-0.1, -0.05) is 13.8 Å². The molecule has 0 bridgehead atoms. The fourth-order valence-electron chi connectivity index (χ4n) is 1.87. The number of hydrogen-bond acceptors (Lipinski definition) is 4. The van der Waals surface area contributed by atoms with Crippen molar-refractivity contribution < 1.29 is 0 Å². The number of aromatic nitrogens is 3. The number of anilines is 2. The molecule has 2 rings (SSSR count). The summed E-state index contributed by atoms with van der Waals surface area (Å²) in [6.07, 6.45) is 2.47. The lowest BCUT2D eigenvalue weighted by Gasteiger charge is -2.11. The van der Waals surface area contributed by atoms with Gasteiger partial charge in [-0.3, -0.25) is 0 Å². The van der Waals surface area contributed by atoms with Crippen LogP contribution < -0.4 is 10.6 Å². The van der Waals surface area contributed by atoms with Gasteiger partial charge in [0.05, 0.1) is 0 Å². The second-order valence-electron chi connectivity index (χ2n) is 4.54. The van der Waals surface area contributed by atoms with Crippen molar-refractivity contribution in [2.45, 2.75) is 33.2 Å². The summed E-state index contributed by atoms with van der Waals surface area (Å²) in [5, 5.41) is 4.44. The molecule has 0 atom stereocenters. The highest BCUT2D eigenvalue weighted by Gasteiger charge is 2.18. The van der Waals surface area contributed by atoms with E-state index in [2.05, 4.69) is 28.8 Å². The molecule has 1 aromatic heterocycles. The monoisotopic (exact) mass is 209 g/mol. The van der Waals surface area contributed by atoms with Crippen LogP contribution in [-0.4, -0.2) is 27.9 Å². The van der Waals surface area contributed by atoms with Crippen LogP contribution in [0.4, 0.5) is 11.9 Å². The third-order valence-corrected chi connectivity index (χ3v) is 2.62. The highest BCUT2D eigenvalue weighted by Crippen LogP contribution is 2.17. The van der Waals surface area contributed by atoms with E-state index >= 15 is 0 Å². The molecule has 0 spiro atoms. The van der Waals surface area contributed by atoms with Gasteiger partial charge in [0.25, 0.3) is 0 Å². The van der Waals surface area contributed by atoms with E-state index in [1.165, 1.54) is 12.8 Å². The van der Waals surface area contributed by atoms with Crippen molar-refractivity contribution in [1.29, 1.82) is 0 Å². The average molecular weight is 209 g/mol. The Morgan fingerprint density at radius 1 is 1.33 bits per heavy atom. The van der Waals surface area contributed by atoms with Gasteiger partial charge in [0.1, 0.15) is 0 Å². The zero-order chi connectivity index (χ0) is 10.8. The highest BCUT2D eigenvalue weighted by molar-refractivity contribution is 5.35. The average Bonchev–Trinajstić information content (AvgIpc) is 2.75. The van der Waals surface area contributed by atoms with Gasteiger partial charge < -0.3 is 10.6 Å². The minimum atomic E-state index is 0.533. The van der Waals surface area contributed by atoms with Crippen molar-refractivity contribution in [1.82, 2.24) is 14.8 Å². The minimum Gasteiger partial charge on any atom is -0.368 e. The molecule has 1 fully saturated rings. The molecule has 0 unspecified atom stereocenters. The summed E-state index contributed by atoms with van der Waals surface area (Å²) < 4.78 is 1.80. The van der Waals surface area contributed by atoms with Crippen molar-refractivity contribution in [2.75, 3.05) is 23.7 Å². The molecule has 0 saturated carbocycles. The summed E-state index contributed by atoms with van der Waals surface area (Å²) in [5.41, 5.74) is 5.82. The van der Waals surface area contributed by atoms with E-state index in [-0.39, 0.29) is 0 Å². The van der Waals surface area contributed by atoms with Crippen LogP contribution in [0.2, 0.25) is 0 Å². The molecule has 0 radical (unpaired) electrons. The Labute approximate surface area is 90.3 Å². The van der Waals surface area contributed by atoms with Gasteiger partial charge in [-0.25, -0.2) is 4.68 Å². The summed E-state index contributed by atoms with van der Waals surface area (Å²) in [7, 11) is 0. The van der Waals surface area contributed by atoms with Gasteiger partial charge in [-0.15, -0.1) is 5.10 Å². The van der Waals surface area contributed by atoms with E-state index in [1.54, 1.807) is 4.68 Å². The third-order valence-electron chi connectivity index (χ3n) is 2.62. The maximum atomic E-state index is 5.82. The molecular formula is C10H19N5. The lowest BCUT2D eigenvalue weighted by Crippen LogP contribution is -2.19. The topological polar surface area (TPSA) is 60.0 Å². The minimum absolute atomic E-state index is 0.533. The molecule has 1 saturated heterocycles. The normalized spacial score (nSPS) is 16.6. The van der Waals surface area contributed by atoms with Crippen LogP contribution in [0.25, 0.3) is 0 Å². The van der Waals surface area contributed by atoms with Crippen molar-refractivity contribution in [3.63, 3.8) is 0 Å². The fraction of sp³-hybridized carbons (Fsp3) is 0.800. The van der Waals surface area contributed by atoms with Gasteiger partial charge in [-0.2, -0.15) is 4.98 Å².